The Morgan fingerprint density at radius 3 is 2.76 bits per heavy atom. The molecule has 1 aliphatic heterocycles. The molecule has 0 aromatic heterocycles. The van der Waals surface area contributed by atoms with Crippen molar-refractivity contribution >= 4 is 17.9 Å². The van der Waals surface area contributed by atoms with Gasteiger partial charge in [0.1, 0.15) is 0 Å². The highest BCUT2D eigenvalue weighted by Crippen LogP contribution is 2.22. The van der Waals surface area contributed by atoms with Crippen molar-refractivity contribution in [1.82, 2.24) is 0 Å². The van der Waals surface area contributed by atoms with Gasteiger partial charge in [-0.2, -0.15) is 0 Å². The summed E-state index contributed by atoms with van der Waals surface area (Å²) in [5, 5.41) is 0. The molecule has 0 spiro atoms. The minimum absolute atomic E-state index is 0.0916. The molecule has 0 saturated heterocycles. The lowest BCUT2D eigenvalue weighted by Crippen LogP contribution is -1.99. The van der Waals surface area contributed by atoms with Crippen LogP contribution in [0.5, 0.6) is 0 Å². The third kappa shape index (κ3) is 1.88. The van der Waals surface area contributed by atoms with Crippen molar-refractivity contribution in [3.8, 4) is 11.8 Å². The van der Waals surface area contributed by atoms with Gasteiger partial charge in [-0.3, -0.25) is 0 Å². The molecule has 2 rings (SSSR count). The zero-order chi connectivity index (χ0) is 12.4. The minimum Gasteiger partial charge on any atom is -0.459 e. The summed E-state index contributed by atoms with van der Waals surface area (Å²) in [5.74, 6) is 2.48. The Morgan fingerprint density at radius 1 is 1.29 bits per heavy atom. The predicted molar refractivity (Wildman–Crippen MR) is 55.1 cm³/mol. The van der Waals surface area contributed by atoms with E-state index in [2.05, 4.69) is 21.3 Å². The Bertz CT molecular complexity index is 589. The van der Waals surface area contributed by atoms with E-state index in [1.165, 1.54) is 19.2 Å². The van der Waals surface area contributed by atoms with Gasteiger partial charge in [0.15, 0.2) is 0 Å². The number of esters is 3. The maximum absolute atomic E-state index is 11.4. The highest BCUT2D eigenvalue weighted by Gasteiger charge is 2.31. The average Bonchev–Trinajstić information content (AvgIpc) is 2.63. The van der Waals surface area contributed by atoms with Gasteiger partial charge in [0.2, 0.25) is 0 Å². The molecule has 84 valence electrons. The van der Waals surface area contributed by atoms with Crippen LogP contribution in [0.15, 0.2) is 18.2 Å². The maximum Gasteiger partial charge on any atom is 0.384 e. The van der Waals surface area contributed by atoms with E-state index in [4.69, 9.17) is 0 Å². The summed E-state index contributed by atoms with van der Waals surface area (Å²) in [6.45, 7) is 0. The molecule has 0 amide bonds. The van der Waals surface area contributed by atoms with Gasteiger partial charge in [0.25, 0.3) is 0 Å². The second-order valence-electron chi connectivity index (χ2n) is 3.15. The number of fused-ring (bicyclic) bond motifs is 1. The van der Waals surface area contributed by atoms with E-state index in [9.17, 15) is 14.4 Å². The zero-order valence-corrected chi connectivity index (χ0v) is 8.77. The lowest BCUT2D eigenvalue weighted by molar-refractivity contribution is -0.133. The topological polar surface area (TPSA) is 69.7 Å². The molecule has 5 nitrogen and oxygen atoms in total. The van der Waals surface area contributed by atoms with Crippen LogP contribution in [0.2, 0.25) is 0 Å². The second kappa shape index (κ2) is 4.10. The van der Waals surface area contributed by atoms with Gasteiger partial charge < -0.3 is 9.47 Å². The number of carbonyl (C=O) groups excluding carboxylic acids is 3. The fourth-order valence-corrected chi connectivity index (χ4v) is 1.41. The highest BCUT2D eigenvalue weighted by atomic mass is 16.6. The molecule has 0 aliphatic carbocycles. The fraction of sp³-hybridized carbons (Fsp3) is 0.0833. The Hall–Kier alpha value is -2.61. The van der Waals surface area contributed by atoms with Crippen LogP contribution in [-0.2, 0) is 14.3 Å². The smallest absolute Gasteiger partial charge is 0.384 e. The molecular weight excluding hydrogens is 224 g/mol. The average molecular weight is 230 g/mol. The van der Waals surface area contributed by atoms with E-state index in [0.717, 1.165) is 0 Å². The van der Waals surface area contributed by atoms with E-state index < -0.39 is 17.9 Å². The number of methoxy groups -OCH3 is 1. The SMILES string of the molecule is COC(=O)C#Cc1cccc2c1C(=O)OC2=O. The monoisotopic (exact) mass is 230 g/mol. The Morgan fingerprint density at radius 2 is 2.06 bits per heavy atom. The van der Waals surface area contributed by atoms with Gasteiger partial charge in [-0.15, -0.1) is 0 Å². The van der Waals surface area contributed by atoms with Crippen molar-refractivity contribution in [2.45, 2.75) is 0 Å². The molecule has 17 heavy (non-hydrogen) atoms. The first-order valence-corrected chi connectivity index (χ1v) is 4.63. The lowest BCUT2D eigenvalue weighted by Gasteiger charge is -1.95. The number of hydrogen-bond donors (Lipinski definition) is 0. The van der Waals surface area contributed by atoms with Crippen LogP contribution in [0.1, 0.15) is 26.3 Å². The molecule has 1 aromatic rings. The third-order valence-electron chi connectivity index (χ3n) is 2.16. The number of hydrogen-bond acceptors (Lipinski definition) is 5. The van der Waals surface area contributed by atoms with Crippen molar-refractivity contribution in [3.05, 3.63) is 34.9 Å². The van der Waals surface area contributed by atoms with Gasteiger partial charge in [-0.1, -0.05) is 12.0 Å². The summed E-state index contributed by atoms with van der Waals surface area (Å²) < 4.78 is 8.79. The molecule has 0 saturated carbocycles. The maximum atomic E-state index is 11.4. The first-order chi connectivity index (χ1) is 8.13. The summed E-state index contributed by atoms with van der Waals surface area (Å²) in [6, 6.07) is 4.54. The molecule has 0 N–H and O–H groups in total. The molecule has 0 fully saturated rings. The molecule has 1 aromatic carbocycles. The molecule has 1 heterocycles. The van der Waals surface area contributed by atoms with E-state index in [-0.39, 0.29) is 16.7 Å². The van der Waals surface area contributed by atoms with E-state index in [1.807, 2.05) is 0 Å². The summed E-state index contributed by atoms with van der Waals surface area (Å²) >= 11 is 0. The van der Waals surface area contributed by atoms with Crippen molar-refractivity contribution in [2.24, 2.45) is 0 Å². The van der Waals surface area contributed by atoms with Gasteiger partial charge in [0, 0.05) is 11.5 Å². The zero-order valence-electron chi connectivity index (χ0n) is 8.77. The number of cyclic esters (lactones) is 2. The van der Waals surface area contributed by atoms with E-state index >= 15 is 0 Å². The van der Waals surface area contributed by atoms with Crippen LogP contribution in [0.3, 0.4) is 0 Å². The number of ether oxygens (including phenoxy) is 2. The fourth-order valence-electron chi connectivity index (χ4n) is 1.41. The van der Waals surface area contributed by atoms with Crippen molar-refractivity contribution in [3.63, 3.8) is 0 Å². The Kier molecular flexibility index (Phi) is 2.63. The largest absolute Gasteiger partial charge is 0.459 e. The van der Waals surface area contributed by atoms with Gasteiger partial charge >= 0.3 is 17.9 Å². The van der Waals surface area contributed by atoms with Crippen LogP contribution in [0, 0.1) is 11.8 Å². The van der Waals surface area contributed by atoms with Crippen LogP contribution in [0.25, 0.3) is 0 Å². The van der Waals surface area contributed by atoms with Gasteiger partial charge in [-0.05, 0) is 12.1 Å². The van der Waals surface area contributed by atoms with Crippen molar-refractivity contribution < 1.29 is 23.9 Å². The predicted octanol–water partition coefficient (Wildman–Crippen LogP) is 0.522. The molecule has 5 heteroatoms. The first kappa shape index (κ1) is 10.9. The van der Waals surface area contributed by atoms with E-state index in [1.54, 1.807) is 6.07 Å². The highest BCUT2D eigenvalue weighted by molar-refractivity contribution is 6.16. The third-order valence-corrected chi connectivity index (χ3v) is 2.16. The van der Waals surface area contributed by atoms with Crippen LogP contribution in [0.4, 0.5) is 0 Å². The molecular formula is C12H6O5. The van der Waals surface area contributed by atoms with Gasteiger partial charge in [0.05, 0.1) is 18.2 Å². The Balaban J connectivity index is 2.50. The first-order valence-electron chi connectivity index (χ1n) is 4.63. The molecule has 1 aliphatic rings. The van der Waals surface area contributed by atoms with Crippen molar-refractivity contribution in [1.29, 1.82) is 0 Å². The van der Waals surface area contributed by atoms with Gasteiger partial charge in [-0.25, -0.2) is 14.4 Å². The molecule has 0 radical (unpaired) electrons. The van der Waals surface area contributed by atoms with Crippen LogP contribution >= 0.6 is 0 Å². The van der Waals surface area contributed by atoms with Crippen molar-refractivity contribution in [2.75, 3.05) is 7.11 Å². The number of carbonyl (C=O) groups is 3. The Labute approximate surface area is 96.3 Å². The minimum atomic E-state index is -0.750. The molecule has 0 atom stereocenters. The van der Waals surface area contributed by atoms with Crippen LogP contribution < -0.4 is 0 Å². The summed E-state index contributed by atoms with van der Waals surface area (Å²) in [6.07, 6.45) is 0. The quantitative estimate of drug-likeness (QED) is 0.369. The normalized spacial score (nSPS) is 12.3. The number of benzene rings is 1. The number of rotatable bonds is 0. The summed E-state index contributed by atoms with van der Waals surface area (Å²) in [4.78, 5) is 33.5. The lowest BCUT2D eigenvalue weighted by atomic mass is 10.0. The van der Waals surface area contributed by atoms with Crippen LogP contribution in [-0.4, -0.2) is 25.0 Å². The van der Waals surface area contributed by atoms with E-state index in [0.29, 0.717) is 0 Å². The standard InChI is InChI=1S/C12H6O5/c1-16-9(13)6-5-7-3-2-4-8-10(7)12(15)17-11(8)14/h2-4H,1H3. The summed E-state index contributed by atoms with van der Waals surface area (Å²) in [7, 11) is 1.20. The molecule has 0 unspecified atom stereocenters. The second-order valence-corrected chi connectivity index (χ2v) is 3.15. The molecule has 0 bridgehead atoms. The summed E-state index contributed by atoms with van der Waals surface area (Å²) in [5.41, 5.74) is 0.518.